The zero-order valence-corrected chi connectivity index (χ0v) is 18.0. The predicted molar refractivity (Wildman–Crippen MR) is 131 cm³/mol. The predicted octanol–water partition coefficient (Wildman–Crippen LogP) is 3.21. The standard InChI is InChI=1S/C26H21N5O3/c32-24(19-13-5-2-6-14-19)28-23(22-20-15-7-8-16-21(20)25(33)31-29-22)26(34)30-27-17-9-12-18-10-3-1-4-11-18/h1-17,23H,(H,28,32)(H,30,34)(H,31,33)/b12-9-,27-17+/t23-/m0/s1. The van der Waals surface area contributed by atoms with Gasteiger partial charge in [-0.05, 0) is 29.8 Å². The molecule has 0 saturated heterocycles. The number of hydrazone groups is 1. The molecule has 0 saturated carbocycles. The number of carbonyl (C=O) groups is 2. The molecule has 0 radical (unpaired) electrons. The van der Waals surface area contributed by atoms with Crippen molar-refractivity contribution in [3.05, 3.63) is 118 Å². The highest BCUT2D eigenvalue weighted by Crippen LogP contribution is 2.20. The van der Waals surface area contributed by atoms with E-state index in [1.165, 1.54) is 6.21 Å². The van der Waals surface area contributed by atoms with Gasteiger partial charge in [0.05, 0.1) is 5.39 Å². The molecule has 3 aromatic carbocycles. The molecule has 0 aliphatic rings. The highest BCUT2D eigenvalue weighted by Gasteiger charge is 2.27. The van der Waals surface area contributed by atoms with Crippen molar-refractivity contribution in [1.29, 1.82) is 0 Å². The molecule has 8 nitrogen and oxygen atoms in total. The molecular formula is C26H21N5O3. The van der Waals surface area contributed by atoms with Crippen LogP contribution in [0.1, 0.15) is 27.7 Å². The summed E-state index contributed by atoms with van der Waals surface area (Å²) < 4.78 is 0. The Bertz CT molecular complexity index is 1410. The van der Waals surface area contributed by atoms with Crippen LogP contribution in [0.3, 0.4) is 0 Å². The number of amides is 2. The quantitative estimate of drug-likeness (QED) is 0.295. The number of H-pyrrole nitrogens is 1. The van der Waals surface area contributed by atoms with Crippen molar-refractivity contribution >= 4 is 34.9 Å². The summed E-state index contributed by atoms with van der Waals surface area (Å²) in [6.07, 6.45) is 4.95. The Hall–Kier alpha value is -4.85. The average Bonchev–Trinajstić information content (AvgIpc) is 2.88. The van der Waals surface area contributed by atoms with E-state index in [1.807, 2.05) is 36.4 Å². The number of aromatic amines is 1. The van der Waals surface area contributed by atoms with E-state index in [9.17, 15) is 14.4 Å². The maximum Gasteiger partial charge on any atom is 0.272 e. The van der Waals surface area contributed by atoms with Crippen LogP contribution in [0.5, 0.6) is 0 Å². The fraction of sp³-hybridized carbons (Fsp3) is 0.0385. The zero-order valence-electron chi connectivity index (χ0n) is 18.0. The third kappa shape index (κ3) is 5.31. The molecule has 0 fully saturated rings. The molecule has 3 N–H and O–H groups in total. The minimum Gasteiger partial charge on any atom is -0.335 e. The van der Waals surface area contributed by atoms with Crippen LogP contribution in [0.25, 0.3) is 16.8 Å². The molecule has 0 aliphatic heterocycles. The summed E-state index contributed by atoms with van der Waals surface area (Å²) in [6.45, 7) is 0. The van der Waals surface area contributed by atoms with Crippen LogP contribution in [0.2, 0.25) is 0 Å². The number of benzene rings is 3. The van der Waals surface area contributed by atoms with E-state index >= 15 is 0 Å². The highest BCUT2D eigenvalue weighted by molar-refractivity contribution is 5.99. The Morgan fingerprint density at radius 3 is 2.26 bits per heavy atom. The van der Waals surface area contributed by atoms with Gasteiger partial charge in [-0.3, -0.25) is 14.4 Å². The minimum absolute atomic E-state index is 0.201. The van der Waals surface area contributed by atoms with E-state index < -0.39 is 23.4 Å². The van der Waals surface area contributed by atoms with Crippen LogP contribution in [-0.2, 0) is 4.79 Å². The maximum atomic E-state index is 13.1. The Morgan fingerprint density at radius 2 is 1.53 bits per heavy atom. The van der Waals surface area contributed by atoms with E-state index in [0.717, 1.165) is 5.56 Å². The average molecular weight is 451 g/mol. The summed E-state index contributed by atoms with van der Waals surface area (Å²) in [4.78, 5) is 38.1. The monoisotopic (exact) mass is 451 g/mol. The number of allylic oxidation sites excluding steroid dienone is 1. The van der Waals surface area contributed by atoms with Crippen molar-refractivity contribution in [2.75, 3.05) is 0 Å². The van der Waals surface area contributed by atoms with E-state index in [4.69, 9.17) is 0 Å². The highest BCUT2D eigenvalue weighted by atomic mass is 16.2. The summed E-state index contributed by atoms with van der Waals surface area (Å²) >= 11 is 0. The third-order valence-electron chi connectivity index (χ3n) is 5.00. The van der Waals surface area contributed by atoms with Gasteiger partial charge in [-0.2, -0.15) is 10.2 Å². The number of rotatable bonds is 7. The first-order valence-corrected chi connectivity index (χ1v) is 10.5. The Balaban J connectivity index is 1.60. The van der Waals surface area contributed by atoms with Crippen molar-refractivity contribution in [2.45, 2.75) is 6.04 Å². The topological polar surface area (TPSA) is 116 Å². The van der Waals surface area contributed by atoms with Crippen molar-refractivity contribution in [1.82, 2.24) is 20.9 Å². The van der Waals surface area contributed by atoms with Crippen molar-refractivity contribution < 1.29 is 9.59 Å². The van der Waals surface area contributed by atoms with Gasteiger partial charge in [-0.25, -0.2) is 10.5 Å². The fourth-order valence-electron chi connectivity index (χ4n) is 3.34. The lowest BCUT2D eigenvalue weighted by Crippen LogP contribution is -2.40. The summed E-state index contributed by atoms with van der Waals surface area (Å²) in [5.74, 6) is -1.08. The third-order valence-corrected chi connectivity index (χ3v) is 5.00. The summed E-state index contributed by atoms with van der Waals surface area (Å²) in [5.41, 5.74) is 3.61. The number of nitrogens with one attached hydrogen (secondary N) is 3. The van der Waals surface area contributed by atoms with Gasteiger partial charge in [-0.1, -0.05) is 72.8 Å². The van der Waals surface area contributed by atoms with Gasteiger partial charge in [0.15, 0.2) is 6.04 Å². The van der Waals surface area contributed by atoms with Crippen LogP contribution < -0.4 is 16.3 Å². The van der Waals surface area contributed by atoms with Gasteiger partial charge in [0.2, 0.25) is 0 Å². The second-order valence-corrected chi connectivity index (χ2v) is 7.28. The van der Waals surface area contributed by atoms with E-state index in [-0.39, 0.29) is 5.69 Å². The largest absolute Gasteiger partial charge is 0.335 e. The first-order valence-electron chi connectivity index (χ1n) is 10.5. The molecule has 2 amide bonds. The smallest absolute Gasteiger partial charge is 0.272 e. The van der Waals surface area contributed by atoms with Crippen molar-refractivity contribution in [2.24, 2.45) is 5.10 Å². The Labute approximate surface area is 195 Å². The minimum atomic E-state index is -1.20. The second-order valence-electron chi connectivity index (χ2n) is 7.28. The zero-order chi connectivity index (χ0) is 23.8. The lowest BCUT2D eigenvalue weighted by Gasteiger charge is -2.18. The molecule has 1 aromatic heterocycles. The molecule has 8 heteroatoms. The molecule has 0 spiro atoms. The number of fused-ring (bicyclic) bond motifs is 1. The number of carbonyl (C=O) groups excluding carboxylic acids is 2. The molecular weight excluding hydrogens is 430 g/mol. The van der Waals surface area contributed by atoms with E-state index in [0.29, 0.717) is 16.3 Å². The number of hydrogen-bond donors (Lipinski definition) is 3. The van der Waals surface area contributed by atoms with Gasteiger partial charge in [0.25, 0.3) is 17.4 Å². The van der Waals surface area contributed by atoms with Crippen LogP contribution in [-0.4, -0.2) is 28.2 Å². The van der Waals surface area contributed by atoms with Gasteiger partial charge >= 0.3 is 0 Å². The second kappa shape index (κ2) is 10.6. The molecule has 1 atom stereocenters. The van der Waals surface area contributed by atoms with Gasteiger partial charge in [0, 0.05) is 17.2 Å². The van der Waals surface area contributed by atoms with Crippen LogP contribution >= 0.6 is 0 Å². The lowest BCUT2D eigenvalue weighted by atomic mass is 10.0. The number of nitrogens with zero attached hydrogens (tertiary/aromatic N) is 2. The van der Waals surface area contributed by atoms with Gasteiger partial charge < -0.3 is 5.32 Å². The Kier molecular flexibility index (Phi) is 7.00. The molecule has 0 bridgehead atoms. The summed E-state index contributed by atoms with van der Waals surface area (Å²) in [7, 11) is 0. The first-order chi connectivity index (χ1) is 16.6. The van der Waals surface area contributed by atoms with Crippen LogP contribution in [0.15, 0.2) is 101 Å². The SMILES string of the molecule is O=C(N[C@H](C(=O)N/N=C/C=C\c1ccccc1)c1n[nH]c(=O)c2ccccc12)c1ccccc1. The molecule has 34 heavy (non-hydrogen) atoms. The normalized spacial score (nSPS) is 12.1. The van der Waals surface area contributed by atoms with E-state index in [1.54, 1.807) is 60.7 Å². The van der Waals surface area contributed by atoms with Gasteiger partial charge in [-0.15, -0.1) is 0 Å². The van der Waals surface area contributed by atoms with Crippen LogP contribution in [0, 0.1) is 0 Å². The van der Waals surface area contributed by atoms with Crippen molar-refractivity contribution in [3.8, 4) is 0 Å². The van der Waals surface area contributed by atoms with Crippen LogP contribution in [0.4, 0.5) is 0 Å². The molecule has 1 heterocycles. The fourth-order valence-corrected chi connectivity index (χ4v) is 3.34. The molecule has 0 unspecified atom stereocenters. The molecule has 4 rings (SSSR count). The Morgan fingerprint density at radius 1 is 0.882 bits per heavy atom. The number of hydrogen-bond acceptors (Lipinski definition) is 5. The van der Waals surface area contributed by atoms with Crippen molar-refractivity contribution in [3.63, 3.8) is 0 Å². The van der Waals surface area contributed by atoms with E-state index in [2.05, 4.69) is 26.0 Å². The number of aromatic nitrogens is 2. The lowest BCUT2D eigenvalue weighted by molar-refractivity contribution is -0.123. The van der Waals surface area contributed by atoms with Gasteiger partial charge in [0.1, 0.15) is 5.69 Å². The summed E-state index contributed by atoms with van der Waals surface area (Å²) in [5, 5.41) is 13.9. The maximum absolute atomic E-state index is 13.1. The molecule has 4 aromatic rings. The first kappa shape index (κ1) is 22.3. The molecule has 168 valence electrons. The molecule has 0 aliphatic carbocycles. The summed E-state index contributed by atoms with van der Waals surface area (Å²) in [6, 6.07) is 23.7.